The molecule has 0 unspecified atom stereocenters. The van der Waals surface area contributed by atoms with E-state index in [0.717, 1.165) is 10.9 Å². The number of aromatic nitrogens is 4. The number of para-hydroxylation sites is 1. The molecule has 98 valence electrons. The maximum Gasteiger partial charge on any atom is 0.225 e. The van der Waals surface area contributed by atoms with Crippen LogP contribution in [-0.4, -0.2) is 20.2 Å². The first-order chi connectivity index (χ1) is 9.81. The predicted octanol–water partition coefficient (Wildman–Crippen LogP) is 3.50. The van der Waals surface area contributed by atoms with Crippen molar-refractivity contribution in [1.82, 2.24) is 20.2 Å². The van der Waals surface area contributed by atoms with Gasteiger partial charge in [0.25, 0.3) is 0 Å². The summed E-state index contributed by atoms with van der Waals surface area (Å²) < 4.78 is 5.38. The van der Waals surface area contributed by atoms with Crippen LogP contribution in [0.4, 0.5) is 11.6 Å². The zero-order chi connectivity index (χ0) is 13.5. The Labute approximate surface area is 117 Å². The molecule has 0 saturated heterocycles. The van der Waals surface area contributed by atoms with Crippen molar-refractivity contribution in [1.29, 1.82) is 0 Å². The van der Waals surface area contributed by atoms with Gasteiger partial charge in [-0.15, -0.1) is 0 Å². The summed E-state index contributed by atoms with van der Waals surface area (Å²) in [6.07, 6.45) is 1.55. The van der Waals surface area contributed by atoms with E-state index in [9.17, 15) is 0 Å². The van der Waals surface area contributed by atoms with Gasteiger partial charge in [0.1, 0.15) is 5.52 Å². The lowest BCUT2D eigenvalue weighted by molar-refractivity contribution is 0.615. The average Bonchev–Trinajstić information content (AvgIpc) is 3.06. The largest absolute Gasteiger partial charge is 0.459 e. The predicted molar refractivity (Wildman–Crippen MR) is 76.2 cm³/mol. The van der Waals surface area contributed by atoms with E-state index in [0.29, 0.717) is 22.7 Å². The molecule has 20 heavy (non-hydrogen) atoms. The number of rotatable bonds is 2. The molecule has 0 spiro atoms. The van der Waals surface area contributed by atoms with Gasteiger partial charge in [0.2, 0.25) is 5.28 Å². The molecule has 0 amide bonds. The molecule has 4 rings (SSSR count). The van der Waals surface area contributed by atoms with E-state index in [-0.39, 0.29) is 5.28 Å². The summed E-state index contributed by atoms with van der Waals surface area (Å²) in [5.41, 5.74) is 2.12. The van der Waals surface area contributed by atoms with Crippen LogP contribution in [0.3, 0.4) is 0 Å². The van der Waals surface area contributed by atoms with Gasteiger partial charge in [0.15, 0.2) is 17.2 Å². The Balaban J connectivity index is 1.86. The molecule has 0 aliphatic rings. The number of furan rings is 1. The fourth-order valence-corrected chi connectivity index (χ4v) is 2.27. The molecule has 3 aromatic heterocycles. The van der Waals surface area contributed by atoms with E-state index in [2.05, 4.69) is 25.5 Å². The molecule has 7 heteroatoms. The monoisotopic (exact) mass is 285 g/mol. The quantitative estimate of drug-likeness (QED) is 0.551. The second-order valence-corrected chi connectivity index (χ2v) is 4.56. The van der Waals surface area contributed by atoms with Crippen molar-refractivity contribution in [2.45, 2.75) is 0 Å². The highest BCUT2D eigenvalue weighted by Crippen LogP contribution is 2.28. The average molecular weight is 286 g/mol. The molecule has 0 fully saturated rings. The van der Waals surface area contributed by atoms with Crippen LogP contribution in [0.2, 0.25) is 5.28 Å². The maximum atomic E-state index is 5.91. The summed E-state index contributed by atoms with van der Waals surface area (Å²) in [5, 5.41) is 11.4. The Morgan fingerprint density at radius 3 is 2.95 bits per heavy atom. The first-order valence-electron chi connectivity index (χ1n) is 5.92. The number of nitrogens with one attached hydrogen (secondary N) is 2. The van der Waals surface area contributed by atoms with Crippen molar-refractivity contribution in [3.8, 4) is 0 Å². The van der Waals surface area contributed by atoms with Crippen LogP contribution in [0.1, 0.15) is 0 Å². The Morgan fingerprint density at radius 2 is 2.00 bits per heavy atom. The molecule has 0 atom stereocenters. The van der Waals surface area contributed by atoms with E-state index in [1.54, 1.807) is 12.3 Å². The minimum Gasteiger partial charge on any atom is -0.459 e. The maximum absolute atomic E-state index is 5.91. The van der Waals surface area contributed by atoms with Gasteiger partial charge >= 0.3 is 0 Å². The molecule has 0 saturated carbocycles. The van der Waals surface area contributed by atoms with Gasteiger partial charge in [-0.3, -0.25) is 5.10 Å². The molecule has 0 aliphatic carbocycles. The first kappa shape index (κ1) is 11.2. The Kier molecular flexibility index (Phi) is 2.37. The van der Waals surface area contributed by atoms with Gasteiger partial charge in [-0.2, -0.15) is 10.1 Å². The number of aromatic amines is 1. The first-order valence-corrected chi connectivity index (χ1v) is 6.30. The molecule has 2 N–H and O–H groups in total. The van der Waals surface area contributed by atoms with Gasteiger partial charge in [-0.05, 0) is 23.7 Å². The molecule has 3 heterocycles. The highest BCUT2D eigenvalue weighted by atomic mass is 35.5. The minimum atomic E-state index is 0.154. The number of benzene rings is 1. The van der Waals surface area contributed by atoms with E-state index in [1.807, 2.05) is 24.3 Å². The zero-order valence-corrected chi connectivity index (χ0v) is 10.8. The number of H-pyrrole nitrogens is 1. The fourth-order valence-electron chi connectivity index (χ4n) is 2.09. The van der Waals surface area contributed by atoms with Crippen LogP contribution in [0.5, 0.6) is 0 Å². The van der Waals surface area contributed by atoms with Crippen molar-refractivity contribution in [2.24, 2.45) is 0 Å². The molecule has 6 nitrogen and oxygen atoms in total. The van der Waals surface area contributed by atoms with Crippen LogP contribution >= 0.6 is 11.6 Å². The molecular formula is C13H8ClN5O. The van der Waals surface area contributed by atoms with E-state index < -0.39 is 0 Å². The summed E-state index contributed by atoms with van der Waals surface area (Å²) >= 11 is 5.91. The minimum absolute atomic E-state index is 0.154. The van der Waals surface area contributed by atoms with Crippen molar-refractivity contribution < 1.29 is 4.42 Å². The van der Waals surface area contributed by atoms with E-state index in [4.69, 9.17) is 16.0 Å². The number of halogens is 1. The van der Waals surface area contributed by atoms with E-state index >= 15 is 0 Å². The van der Waals surface area contributed by atoms with E-state index in [1.165, 1.54) is 0 Å². The smallest absolute Gasteiger partial charge is 0.225 e. The third kappa shape index (κ3) is 1.70. The summed E-state index contributed by atoms with van der Waals surface area (Å²) in [4.78, 5) is 8.23. The number of hydrogen-bond donors (Lipinski definition) is 2. The van der Waals surface area contributed by atoms with Gasteiger partial charge in [0.05, 0.1) is 11.8 Å². The standard InChI is InChI=1S/C13H8ClN5O/c14-13-15-9-5-6-20-10(9)12(17-13)16-11-7-3-1-2-4-8(7)18-19-11/h1-6H,(H2,15,16,17,18,19). The third-order valence-corrected chi connectivity index (χ3v) is 3.15. The lowest BCUT2D eigenvalue weighted by Crippen LogP contribution is -1.96. The Bertz CT molecular complexity index is 913. The van der Waals surface area contributed by atoms with Gasteiger partial charge in [-0.25, -0.2) is 4.98 Å². The Morgan fingerprint density at radius 1 is 1.10 bits per heavy atom. The molecule has 0 aliphatic heterocycles. The third-order valence-electron chi connectivity index (χ3n) is 2.98. The SMILES string of the molecule is Clc1nc(Nc2n[nH]c3ccccc23)c2occc2n1. The summed E-state index contributed by atoms with van der Waals surface area (Å²) in [5.74, 6) is 1.15. The normalized spacial score (nSPS) is 11.2. The molecule has 1 aromatic carbocycles. The second-order valence-electron chi connectivity index (χ2n) is 4.22. The highest BCUT2D eigenvalue weighted by molar-refractivity contribution is 6.28. The lowest BCUT2D eigenvalue weighted by atomic mass is 10.2. The summed E-state index contributed by atoms with van der Waals surface area (Å²) in [7, 11) is 0. The number of nitrogens with zero attached hydrogens (tertiary/aromatic N) is 3. The summed E-state index contributed by atoms with van der Waals surface area (Å²) in [6, 6.07) is 9.53. The van der Waals surface area contributed by atoms with Crippen molar-refractivity contribution in [3.05, 3.63) is 41.9 Å². The number of anilines is 2. The van der Waals surface area contributed by atoms with Crippen molar-refractivity contribution in [3.63, 3.8) is 0 Å². The topological polar surface area (TPSA) is 79.6 Å². The molecule has 0 radical (unpaired) electrons. The van der Waals surface area contributed by atoms with Gasteiger partial charge in [-0.1, -0.05) is 12.1 Å². The van der Waals surface area contributed by atoms with Crippen LogP contribution in [-0.2, 0) is 0 Å². The number of hydrogen-bond acceptors (Lipinski definition) is 5. The van der Waals surface area contributed by atoms with Crippen LogP contribution < -0.4 is 5.32 Å². The van der Waals surface area contributed by atoms with Crippen molar-refractivity contribution in [2.75, 3.05) is 5.32 Å². The van der Waals surface area contributed by atoms with Crippen LogP contribution in [0.15, 0.2) is 41.0 Å². The van der Waals surface area contributed by atoms with Gasteiger partial charge < -0.3 is 9.73 Å². The van der Waals surface area contributed by atoms with Crippen LogP contribution in [0, 0.1) is 0 Å². The molecule has 4 aromatic rings. The lowest BCUT2D eigenvalue weighted by Gasteiger charge is -2.03. The molecule has 0 bridgehead atoms. The number of fused-ring (bicyclic) bond motifs is 2. The zero-order valence-electron chi connectivity index (χ0n) is 10.1. The van der Waals surface area contributed by atoms with Crippen LogP contribution in [0.25, 0.3) is 22.0 Å². The second kappa shape index (κ2) is 4.21. The van der Waals surface area contributed by atoms with Crippen molar-refractivity contribution >= 4 is 45.2 Å². The fraction of sp³-hybridized carbons (Fsp3) is 0. The molecular weight excluding hydrogens is 278 g/mol. The summed E-state index contributed by atoms with van der Waals surface area (Å²) in [6.45, 7) is 0. The van der Waals surface area contributed by atoms with Gasteiger partial charge in [0, 0.05) is 11.5 Å². The Hall–Kier alpha value is -2.60. The highest BCUT2D eigenvalue weighted by Gasteiger charge is 2.12.